The Morgan fingerprint density at radius 3 is 2.35 bits per heavy atom. The first-order valence-electron chi connectivity index (χ1n) is 9.02. The van der Waals surface area contributed by atoms with Gasteiger partial charge in [-0.25, -0.2) is 0 Å². The van der Waals surface area contributed by atoms with Crippen molar-refractivity contribution >= 4 is 5.91 Å². The summed E-state index contributed by atoms with van der Waals surface area (Å²) in [4.78, 5) is 12.6. The maximum Gasteiger partial charge on any atom is 0.251 e. The summed E-state index contributed by atoms with van der Waals surface area (Å²) in [6.07, 6.45) is 0.853. The highest BCUT2D eigenvalue weighted by Gasteiger charge is 2.14. The minimum atomic E-state index is -0.0432. The number of benzene rings is 2. The summed E-state index contributed by atoms with van der Waals surface area (Å²) in [5, 5.41) is 7.61. The van der Waals surface area contributed by atoms with E-state index in [0.29, 0.717) is 12.1 Å². The Morgan fingerprint density at radius 2 is 1.77 bits per heavy atom. The van der Waals surface area contributed by atoms with Crippen LogP contribution >= 0.6 is 0 Å². The highest BCUT2D eigenvalue weighted by Crippen LogP contribution is 2.17. The maximum atomic E-state index is 12.6. The standard InChI is InChI=1S/C22H25N3O/c1-4-21(19-8-6-5-7-9-19)23-22(26)20-12-10-18(11-13-20)15-25-17(3)14-16(2)24-25/h5-14,21H,4,15H2,1-3H3,(H,23,26)/t21-/m0/s1. The van der Waals surface area contributed by atoms with Gasteiger partial charge in [0.1, 0.15) is 0 Å². The van der Waals surface area contributed by atoms with E-state index >= 15 is 0 Å². The molecule has 0 aliphatic carbocycles. The zero-order chi connectivity index (χ0) is 18.5. The third kappa shape index (κ3) is 4.20. The lowest BCUT2D eigenvalue weighted by molar-refractivity contribution is 0.0935. The molecule has 2 aromatic carbocycles. The van der Waals surface area contributed by atoms with E-state index in [2.05, 4.69) is 30.3 Å². The quantitative estimate of drug-likeness (QED) is 0.717. The molecule has 1 heterocycles. The summed E-state index contributed by atoms with van der Waals surface area (Å²) in [7, 11) is 0. The number of nitrogens with one attached hydrogen (secondary N) is 1. The topological polar surface area (TPSA) is 46.9 Å². The zero-order valence-corrected chi connectivity index (χ0v) is 15.6. The van der Waals surface area contributed by atoms with Gasteiger partial charge < -0.3 is 5.32 Å². The average molecular weight is 347 g/mol. The van der Waals surface area contributed by atoms with E-state index in [1.54, 1.807) is 0 Å². The van der Waals surface area contributed by atoms with Gasteiger partial charge in [0.05, 0.1) is 18.3 Å². The second-order valence-electron chi connectivity index (χ2n) is 6.63. The number of amides is 1. The molecule has 0 aliphatic rings. The van der Waals surface area contributed by atoms with Crippen molar-refractivity contribution in [2.45, 2.75) is 39.8 Å². The van der Waals surface area contributed by atoms with Crippen LogP contribution in [-0.4, -0.2) is 15.7 Å². The van der Waals surface area contributed by atoms with Gasteiger partial charge in [0.25, 0.3) is 5.91 Å². The van der Waals surface area contributed by atoms with Gasteiger partial charge in [0.2, 0.25) is 0 Å². The van der Waals surface area contributed by atoms with Gasteiger partial charge in [0, 0.05) is 11.3 Å². The van der Waals surface area contributed by atoms with Gasteiger partial charge in [0.15, 0.2) is 0 Å². The highest BCUT2D eigenvalue weighted by molar-refractivity contribution is 5.94. The summed E-state index contributed by atoms with van der Waals surface area (Å²) in [5.74, 6) is -0.0432. The monoisotopic (exact) mass is 347 g/mol. The Kier molecular flexibility index (Phi) is 5.52. The molecule has 4 nitrogen and oxygen atoms in total. The molecule has 1 aromatic heterocycles. The van der Waals surface area contributed by atoms with Gasteiger partial charge in [-0.05, 0) is 49.6 Å². The molecule has 1 N–H and O–H groups in total. The van der Waals surface area contributed by atoms with Crippen molar-refractivity contribution in [2.75, 3.05) is 0 Å². The molecule has 26 heavy (non-hydrogen) atoms. The molecule has 3 aromatic rings. The Morgan fingerprint density at radius 1 is 1.08 bits per heavy atom. The van der Waals surface area contributed by atoms with Gasteiger partial charge in [-0.15, -0.1) is 0 Å². The number of carbonyl (C=O) groups excluding carboxylic acids is 1. The number of carbonyl (C=O) groups is 1. The van der Waals surface area contributed by atoms with Crippen LogP contribution in [0.1, 0.15) is 52.3 Å². The van der Waals surface area contributed by atoms with Gasteiger partial charge in [-0.3, -0.25) is 9.48 Å². The number of aryl methyl sites for hydroxylation is 2. The van der Waals surface area contributed by atoms with Crippen LogP contribution in [0.2, 0.25) is 0 Å². The minimum absolute atomic E-state index is 0.0260. The predicted molar refractivity (Wildman–Crippen MR) is 104 cm³/mol. The normalized spacial score (nSPS) is 12.0. The van der Waals surface area contributed by atoms with Crippen molar-refractivity contribution in [2.24, 2.45) is 0 Å². The molecule has 1 atom stereocenters. The predicted octanol–water partition coefficient (Wildman–Crippen LogP) is 4.43. The zero-order valence-electron chi connectivity index (χ0n) is 15.6. The van der Waals surface area contributed by atoms with Crippen LogP contribution in [-0.2, 0) is 6.54 Å². The van der Waals surface area contributed by atoms with Crippen molar-refractivity contribution in [3.63, 3.8) is 0 Å². The lowest BCUT2D eigenvalue weighted by Gasteiger charge is -2.17. The van der Waals surface area contributed by atoms with Crippen molar-refractivity contribution in [1.29, 1.82) is 0 Å². The van der Waals surface area contributed by atoms with Gasteiger partial charge >= 0.3 is 0 Å². The molecule has 0 radical (unpaired) electrons. The summed E-state index contributed by atoms with van der Waals surface area (Å²) < 4.78 is 1.98. The van der Waals surface area contributed by atoms with Crippen LogP contribution in [0.25, 0.3) is 0 Å². The Balaban J connectivity index is 1.67. The van der Waals surface area contributed by atoms with E-state index in [4.69, 9.17) is 0 Å². The van der Waals surface area contributed by atoms with Crippen LogP contribution in [0.5, 0.6) is 0 Å². The van der Waals surface area contributed by atoms with Crippen molar-refractivity contribution in [3.05, 3.63) is 88.7 Å². The first kappa shape index (κ1) is 17.9. The van der Waals surface area contributed by atoms with Crippen molar-refractivity contribution in [3.8, 4) is 0 Å². The molecular weight excluding hydrogens is 322 g/mol. The SMILES string of the molecule is CC[C@H](NC(=O)c1ccc(Cn2nc(C)cc2C)cc1)c1ccccc1. The molecule has 4 heteroatoms. The molecule has 0 fully saturated rings. The fourth-order valence-corrected chi connectivity index (χ4v) is 3.12. The second-order valence-corrected chi connectivity index (χ2v) is 6.63. The summed E-state index contributed by atoms with van der Waals surface area (Å²) in [5.41, 5.74) is 5.09. The summed E-state index contributed by atoms with van der Waals surface area (Å²) >= 11 is 0. The van der Waals surface area contributed by atoms with E-state index in [0.717, 1.165) is 28.9 Å². The largest absolute Gasteiger partial charge is 0.345 e. The Hall–Kier alpha value is -2.88. The molecule has 0 bridgehead atoms. The molecule has 0 spiro atoms. The molecule has 0 aliphatic heterocycles. The highest BCUT2D eigenvalue weighted by atomic mass is 16.1. The fraction of sp³-hybridized carbons (Fsp3) is 0.273. The number of rotatable bonds is 6. The molecule has 0 saturated heterocycles. The molecule has 0 saturated carbocycles. The first-order valence-corrected chi connectivity index (χ1v) is 9.02. The molecule has 0 unspecified atom stereocenters. The average Bonchev–Trinajstić information content (AvgIpc) is 2.97. The lowest BCUT2D eigenvalue weighted by atomic mass is 10.0. The molecule has 3 rings (SSSR count). The van der Waals surface area contributed by atoms with Gasteiger partial charge in [-0.1, -0.05) is 49.4 Å². The Labute approximate surface area is 154 Å². The summed E-state index contributed by atoms with van der Waals surface area (Å²) in [6.45, 7) is 6.84. The third-order valence-corrected chi connectivity index (χ3v) is 4.57. The van der Waals surface area contributed by atoms with E-state index < -0.39 is 0 Å². The van der Waals surface area contributed by atoms with E-state index in [1.165, 1.54) is 0 Å². The van der Waals surface area contributed by atoms with Crippen molar-refractivity contribution < 1.29 is 4.79 Å². The number of nitrogens with zero attached hydrogens (tertiary/aromatic N) is 2. The molecule has 1 amide bonds. The lowest BCUT2D eigenvalue weighted by Crippen LogP contribution is -2.28. The van der Waals surface area contributed by atoms with E-state index in [9.17, 15) is 4.79 Å². The minimum Gasteiger partial charge on any atom is -0.345 e. The molecular formula is C22H25N3O. The maximum absolute atomic E-state index is 12.6. The number of hydrogen-bond donors (Lipinski definition) is 1. The van der Waals surface area contributed by atoms with Crippen LogP contribution in [0.4, 0.5) is 0 Å². The van der Waals surface area contributed by atoms with Crippen LogP contribution < -0.4 is 5.32 Å². The smallest absolute Gasteiger partial charge is 0.251 e. The van der Waals surface area contributed by atoms with Crippen LogP contribution in [0.15, 0.2) is 60.7 Å². The van der Waals surface area contributed by atoms with E-state index in [-0.39, 0.29) is 11.9 Å². The van der Waals surface area contributed by atoms with E-state index in [1.807, 2.05) is 66.2 Å². The summed E-state index contributed by atoms with van der Waals surface area (Å²) in [6, 6.07) is 19.9. The van der Waals surface area contributed by atoms with Crippen molar-refractivity contribution in [1.82, 2.24) is 15.1 Å². The third-order valence-electron chi connectivity index (χ3n) is 4.57. The number of hydrogen-bond acceptors (Lipinski definition) is 2. The molecule has 134 valence electrons. The van der Waals surface area contributed by atoms with Crippen LogP contribution in [0, 0.1) is 13.8 Å². The van der Waals surface area contributed by atoms with Gasteiger partial charge in [-0.2, -0.15) is 5.10 Å². The second kappa shape index (κ2) is 8.00. The van der Waals surface area contributed by atoms with Crippen LogP contribution in [0.3, 0.4) is 0 Å². The number of aromatic nitrogens is 2. The first-order chi connectivity index (χ1) is 12.6. The fourth-order valence-electron chi connectivity index (χ4n) is 3.12. The Bertz CT molecular complexity index is 866.